The van der Waals surface area contributed by atoms with Crippen molar-refractivity contribution in [3.8, 4) is 12.3 Å². The average molecular weight is 153 g/mol. The lowest BCUT2D eigenvalue weighted by atomic mass is 10.4. The highest BCUT2D eigenvalue weighted by atomic mass is 15.2. The maximum absolute atomic E-state index is 5.07. The van der Waals surface area contributed by atoms with Crippen LogP contribution < -0.4 is 10.6 Å². The predicted molar refractivity (Wildman–Crippen MR) is 48.5 cm³/mol. The molecule has 11 heavy (non-hydrogen) atoms. The van der Waals surface area contributed by atoms with E-state index < -0.39 is 0 Å². The van der Waals surface area contributed by atoms with Gasteiger partial charge in [0.1, 0.15) is 0 Å². The summed E-state index contributed by atoms with van der Waals surface area (Å²) in [4.78, 5) is 3.96. The Morgan fingerprint density at radius 2 is 2.27 bits per heavy atom. The molecule has 0 radical (unpaired) electrons. The van der Waals surface area contributed by atoms with Crippen LogP contribution in [-0.4, -0.2) is 25.6 Å². The zero-order chi connectivity index (χ0) is 8.69. The van der Waals surface area contributed by atoms with Crippen molar-refractivity contribution in [3.63, 3.8) is 0 Å². The highest BCUT2D eigenvalue weighted by Crippen LogP contribution is 1.75. The third kappa shape index (κ3) is 5.28. The summed E-state index contributed by atoms with van der Waals surface area (Å²) in [6, 6.07) is 0.374. The summed E-state index contributed by atoms with van der Waals surface area (Å²) in [7, 11) is 1.72. The van der Waals surface area contributed by atoms with Crippen molar-refractivity contribution in [1.29, 1.82) is 0 Å². The summed E-state index contributed by atoms with van der Waals surface area (Å²) in [6.45, 7) is 4.60. The molecular weight excluding hydrogens is 138 g/mol. The van der Waals surface area contributed by atoms with Crippen LogP contribution in [0, 0.1) is 12.3 Å². The standard InChI is InChI=1S/C8H15N3/c1-5-6-10-8(9-4)11-7(2)3/h1,7H,6H2,2-4H3,(H2,9,10,11). The summed E-state index contributed by atoms with van der Waals surface area (Å²) in [5, 5.41) is 6.06. The van der Waals surface area contributed by atoms with E-state index >= 15 is 0 Å². The number of rotatable bonds is 2. The van der Waals surface area contributed by atoms with E-state index in [0.29, 0.717) is 12.6 Å². The maximum Gasteiger partial charge on any atom is 0.191 e. The van der Waals surface area contributed by atoms with Gasteiger partial charge in [0.15, 0.2) is 5.96 Å². The Bertz CT molecular complexity index is 165. The average Bonchev–Trinajstić information content (AvgIpc) is 1.97. The molecule has 0 bridgehead atoms. The van der Waals surface area contributed by atoms with Gasteiger partial charge in [-0.2, -0.15) is 0 Å². The normalized spacial score (nSPS) is 11.0. The van der Waals surface area contributed by atoms with Gasteiger partial charge in [-0.05, 0) is 13.8 Å². The predicted octanol–water partition coefficient (Wildman–Crippen LogP) is 0.193. The minimum Gasteiger partial charge on any atom is -0.354 e. The quantitative estimate of drug-likeness (QED) is 0.337. The van der Waals surface area contributed by atoms with Gasteiger partial charge in [-0.3, -0.25) is 4.99 Å². The molecule has 0 heterocycles. The fourth-order valence-corrected chi connectivity index (χ4v) is 0.603. The number of nitrogens with zero attached hydrogens (tertiary/aromatic N) is 1. The summed E-state index contributed by atoms with van der Waals surface area (Å²) in [5.41, 5.74) is 0. The van der Waals surface area contributed by atoms with Crippen LogP contribution in [0.4, 0.5) is 0 Å². The minimum atomic E-state index is 0.374. The van der Waals surface area contributed by atoms with Crippen molar-refractivity contribution < 1.29 is 0 Å². The molecule has 0 fully saturated rings. The lowest BCUT2D eigenvalue weighted by Crippen LogP contribution is -2.41. The molecule has 3 heteroatoms. The van der Waals surface area contributed by atoms with Gasteiger partial charge < -0.3 is 10.6 Å². The van der Waals surface area contributed by atoms with Crippen LogP contribution in [0.25, 0.3) is 0 Å². The van der Waals surface area contributed by atoms with Gasteiger partial charge in [-0.15, -0.1) is 6.42 Å². The van der Waals surface area contributed by atoms with Crippen molar-refractivity contribution in [2.75, 3.05) is 13.6 Å². The van der Waals surface area contributed by atoms with E-state index in [-0.39, 0.29) is 0 Å². The molecule has 0 atom stereocenters. The second kappa shape index (κ2) is 5.60. The summed E-state index contributed by atoms with van der Waals surface area (Å²) < 4.78 is 0. The smallest absolute Gasteiger partial charge is 0.191 e. The molecule has 0 aromatic heterocycles. The van der Waals surface area contributed by atoms with Crippen LogP contribution in [0.3, 0.4) is 0 Å². The second-order valence-corrected chi connectivity index (χ2v) is 2.43. The summed E-state index contributed by atoms with van der Waals surface area (Å²) >= 11 is 0. The second-order valence-electron chi connectivity index (χ2n) is 2.43. The van der Waals surface area contributed by atoms with Crippen molar-refractivity contribution in [2.24, 2.45) is 4.99 Å². The molecule has 0 aliphatic rings. The molecule has 0 saturated heterocycles. The molecule has 0 aromatic carbocycles. The molecule has 0 unspecified atom stereocenters. The Morgan fingerprint density at radius 1 is 1.64 bits per heavy atom. The SMILES string of the molecule is C#CCNC(=NC)NC(C)C. The van der Waals surface area contributed by atoms with Crippen molar-refractivity contribution in [3.05, 3.63) is 0 Å². The zero-order valence-corrected chi connectivity index (χ0v) is 7.31. The third-order valence-corrected chi connectivity index (χ3v) is 1.01. The first kappa shape index (κ1) is 9.83. The van der Waals surface area contributed by atoms with E-state index in [2.05, 4.69) is 21.5 Å². The van der Waals surface area contributed by atoms with Crippen molar-refractivity contribution in [1.82, 2.24) is 10.6 Å². The van der Waals surface area contributed by atoms with Crippen molar-refractivity contribution >= 4 is 5.96 Å². The van der Waals surface area contributed by atoms with E-state index in [0.717, 1.165) is 5.96 Å². The lowest BCUT2D eigenvalue weighted by molar-refractivity contribution is 0.710. The highest BCUT2D eigenvalue weighted by Gasteiger charge is 1.96. The van der Waals surface area contributed by atoms with Gasteiger partial charge in [0.2, 0.25) is 0 Å². The molecular formula is C8H15N3. The molecule has 62 valence electrons. The Labute approximate surface area is 68.3 Å². The maximum atomic E-state index is 5.07. The fraction of sp³-hybridized carbons (Fsp3) is 0.625. The summed E-state index contributed by atoms with van der Waals surface area (Å²) in [5.74, 6) is 3.22. The molecule has 0 aliphatic carbocycles. The Balaban J connectivity index is 3.71. The van der Waals surface area contributed by atoms with Crippen LogP contribution in [0.15, 0.2) is 4.99 Å². The van der Waals surface area contributed by atoms with Crippen LogP contribution in [-0.2, 0) is 0 Å². The zero-order valence-electron chi connectivity index (χ0n) is 7.31. The first-order valence-corrected chi connectivity index (χ1v) is 3.61. The van der Waals surface area contributed by atoms with E-state index in [1.54, 1.807) is 7.05 Å². The van der Waals surface area contributed by atoms with Crippen molar-refractivity contribution in [2.45, 2.75) is 19.9 Å². The fourth-order valence-electron chi connectivity index (χ4n) is 0.603. The monoisotopic (exact) mass is 153 g/mol. The molecule has 0 saturated carbocycles. The largest absolute Gasteiger partial charge is 0.354 e. The minimum absolute atomic E-state index is 0.374. The third-order valence-electron chi connectivity index (χ3n) is 1.01. The van der Waals surface area contributed by atoms with Gasteiger partial charge >= 0.3 is 0 Å². The number of nitrogens with one attached hydrogen (secondary N) is 2. The topological polar surface area (TPSA) is 36.4 Å². The summed E-state index contributed by atoms with van der Waals surface area (Å²) in [6.07, 6.45) is 5.07. The Kier molecular flexibility index (Phi) is 5.01. The number of guanidine groups is 1. The van der Waals surface area contributed by atoms with E-state index in [1.807, 2.05) is 13.8 Å². The number of hydrogen-bond donors (Lipinski definition) is 2. The van der Waals surface area contributed by atoms with Gasteiger partial charge in [0, 0.05) is 13.1 Å². The molecule has 0 amide bonds. The first-order valence-electron chi connectivity index (χ1n) is 3.61. The van der Waals surface area contributed by atoms with E-state index in [1.165, 1.54) is 0 Å². The number of terminal acetylenes is 1. The van der Waals surface area contributed by atoms with Gasteiger partial charge in [-0.1, -0.05) is 5.92 Å². The van der Waals surface area contributed by atoms with Crippen LogP contribution >= 0.6 is 0 Å². The number of aliphatic imine (C=N–C) groups is 1. The molecule has 0 rings (SSSR count). The molecule has 0 aliphatic heterocycles. The van der Waals surface area contributed by atoms with Crippen LogP contribution in [0.2, 0.25) is 0 Å². The van der Waals surface area contributed by atoms with Gasteiger partial charge in [-0.25, -0.2) is 0 Å². The first-order chi connectivity index (χ1) is 5.20. The highest BCUT2D eigenvalue weighted by molar-refractivity contribution is 5.80. The van der Waals surface area contributed by atoms with Gasteiger partial charge in [0.25, 0.3) is 0 Å². The Hall–Kier alpha value is -1.17. The van der Waals surface area contributed by atoms with Crippen LogP contribution in [0.1, 0.15) is 13.8 Å². The molecule has 0 aromatic rings. The number of hydrogen-bond acceptors (Lipinski definition) is 1. The van der Waals surface area contributed by atoms with E-state index in [4.69, 9.17) is 6.42 Å². The molecule has 2 N–H and O–H groups in total. The van der Waals surface area contributed by atoms with Crippen LogP contribution in [0.5, 0.6) is 0 Å². The lowest BCUT2D eigenvalue weighted by Gasteiger charge is -2.12. The van der Waals surface area contributed by atoms with Gasteiger partial charge in [0.05, 0.1) is 6.54 Å². The molecule has 3 nitrogen and oxygen atoms in total. The van der Waals surface area contributed by atoms with E-state index in [9.17, 15) is 0 Å². The molecule has 0 spiro atoms. The Morgan fingerprint density at radius 3 is 2.64 bits per heavy atom.